The molecule has 0 radical (unpaired) electrons. The number of carbonyl (C=O) groups excluding carboxylic acids is 1. The summed E-state index contributed by atoms with van der Waals surface area (Å²) < 4.78 is 12.8. The van der Waals surface area contributed by atoms with Gasteiger partial charge in [0, 0.05) is 18.0 Å². The lowest BCUT2D eigenvalue weighted by molar-refractivity contribution is 0.0143. The van der Waals surface area contributed by atoms with Crippen LogP contribution in [-0.4, -0.2) is 61.2 Å². The van der Waals surface area contributed by atoms with Crippen LogP contribution in [0.5, 0.6) is 5.75 Å². The Labute approximate surface area is 228 Å². The normalized spacial score (nSPS) is 16.4. The highest BCUT2D eigenvalue weighted by Crippen LogP contribution is 2.41. The van der Waals surface area contributed by atoms with Crippen LogP contribution in [0.3, 0.4) is 0 Å². The zero-order valence-electron chi connectivity index (χ0n) is 24.4. The minimum atomic E-state index is -2.29. The Morgan fingerprint density at radius 2 is 1.76 bits per heavy atom. The van der Waals surface area contributed by atoms with Gasteiger partial charge >= 0.3 is 6.09 Å². The van der Waals surface area contributed by atoms with E-state index in [4.69, 9.17) is 9.16 Å². The van der Waals surface area contributed by atoms with Crippen molar-refractivity contribution in [1.29, 1.82) is 0 Å². The molecule has 1 atom stereocenters. The van der Waals surface area contributed by atoms with E-state index in [1.807, 2.05) is 26.8 Å². The molecule has 38 heavy (non-hydrogen) atoms. The van der Waals surface area contributed by atoms with E-state index in [9.17, 15) is 14.7 Å². The predicted molar refractivity (Wildman–Crippen MR) is 155 cm³/mol. The first kappa shape index (κ1) is 30.2. The molecule has 0 unspecified atom stereocenters. The van der Waals surface area contributed by atoms with E-state index >= 15 is 0 Å². The lowest BCUT2D eigenvalue weighted by atomic mass is 9.94. The molecular formula is C29H47N3O5Si. The van der Waals surface area contributed by atoms with Crippen LogP contribution in [0.4, 0.5) is 4.79 Å². The van der Waals surface area contributed by atoms with E-state index in [0.29, 0.717) is 29.9 Å². The van der Waals surface area contributed by atoms with Crippen molar-refractivity contribution in [3.63, 3.8) is 0 Å². The lowest BCUT2D eigenvalue weighted by Crippen LogP contribution is -2.46. The highest BCUT2D eigenvalue weighted by Gasteiger charge is 2.41. The molecule has 1 aromatic heterocycles. The van der Waals surface area contributed by atoms with Crippen molar-refractivity contribution in [2.45, 2.75) is 90.6 Å². The number of aromatic hydroxyl groups is 1. The number of carbonyl (C=O) groups is 1. The van der Waals surface area contributed by atoms with Crippen molar-refractivity contribution in [1.82, 2.24) is 15.2 Å². The number of aromatic amines is 1. The number of amides is 1. The fraction of sp³-hybridized carbons (Fsp3) is 0.655. The maximum Gasteiger partial charge on any atom is 0.410 e. The second-order valence-corrected chi connectivity index (χ2v) is 17.8. The number of H-pyrrole nitrogens is 1. The maximum absolute atomic E-state index is 13.5. The first-order valence-electron chi connectivity index (χ1n) is 13.8. The Morgan fingerprint density at radius 1 is 1.11 bits per heavy atom. The molecular weight excluding hydrogens is 498 g/mol. The predicted octanol–water partition coefficient (Wildman–Crippen LogP) is 5.92. The quantitative estimate of drug-likeness (QED) is 0.356. The van der Waals surface area contributed by atoms with Crippen LogP contribution in [0, 0.1) is 5.92 Å². The molecule has 3 N–H and O–H groups in total. The average Bonchev–Trinajstić information content (AvgIpc) is 2.80. The molecule has 9 heteroatoms. The van der Waals surface area contributed by atoms with Crippen LogP contribution in [0.25, 0.3) is 10.9 Å². The Balaban J connectivity index is 2.03. The molecule has 1 aliphatic rings. The fourth-order valence-electron chi connectivity index (χ4n) is 4.56. The zero-order valence-corrected chi connectivity index (χ0v) is 25.4. The van der Waals surface area contributed by atoms with E-state index in [1.54, 1.807) is 17.0 Å². The summed E-state index contributed by atoms with van der Waals surface area (Å²) in [6.45, 7) is 19.5. The minimum absolute atomic E-state index is 0.00225. The number of benzene rings is 1. The number of phenolic OH excluding ortho intramolecular Hbond substituents is 1. The zero-order chi connectivity index (χ0) is 28.3. The van der Waals surface area contributed by atoms with Crippen molar-refractivity contribution in [3.8, 4) is 5.75 Å². The topological polar surface area (TPSA) is 104 Å². The number of rotatable bonds is 8. The van der Waals surface area contributed by atoms with Crippen LogP contribution in [0.1, 0.15) is 72.5 Å². The number of fused-ring (bicyclic) bond motifs is 1. The Kier molecular flexibility index (Phi) is 9.37. The number of aromatic nitrogens is 1. The average molecular weight is 546 g/mol. The lowest BCUT2D eigenvalue weighted by Gasteiger charge is -2.41. The summed E-state index contributed by atoms with van der Waals surface area (Å²) in [5.74, 6) is 0.558. The molecule has 3 rings (SSSR count). The highest BCUT2D eigenvalue weighted by atomic mass is 28.4. The molecule has 0 spiro atoms. The summed E-state index contributed by atoms with van der Waals surface area (Å²) in [7, 11) is -2.29. The van der Waals surface area contributed by atoms with Crippen molar-refractivity contribution in [2.75, 3.05) is 26.2 Å². The molecule has 2 heterocycles. The standard InChI is InChI=1S/C29H47N3O5Si/c1-28(2,3)36-27(35)32(18-15-20-13-16-30-17-14-20)19-24(37-38(7,8)29(4,5)6)21-9-11-23(33)26-22(21)10-12-25(34)31-26/h9-12,20,24,30,33H,13-19H2,1-8H3,(H,31,34)/t24-/m0/s1. The summed E-state index contributed by atoms with van der Waals surface area (Å²) in [6.07, 6.45) is 2.28. The second kappa shape index (κ2) is 11.8. The van der Waals surface area contributed by atoms with Gasteiger partial charge in [0.15, 0.2) is 8.32 Å². The van der Waals surface area contributed by atoms with Gasteiger partial charge in [-0.15, -0.1) is 0 Å². The number of nitrogens with zero attached hydrogens (tertiary/aromatic N) is 1. The second-order valence-electron chi connectivity index (χ2n) is 13.1. The minimum Gasteiger partial charge on any atom is -0.506 e. The van der Waals surface area contributed by atoms with Crippen LogP contribution >= 0.6 is 0 Å². The molecule has 0 aliphatic carbocycles. The van der Waals surface area contributed by atoms with E-state index < -0.39 is 20.0 Å². The van der Waals surface area contributed by atoms with Gasteiger partial charge in [-0.2, -0.15) is 0 Å². The van der Waals surface area contributed by atoms with Crippen LogP contribution < -0.4 is 10.9 Å². The number of pyridine rings is 1. The summed E-state index contributed by atoms with van der Waals surface area (Å²) in [5.41, 5.74) is 0.292. The van der Waals surface area contributed by atoms with E-state index in [2.05, 4.69) is 44.2 Å². The number of nitrogens with one attached hydrogen (secondary N) is 2. The SMILES string of the molecule is CC(C)(C)OC(=O)N(CCC1CCNCC1)C[C@H](O[Si](C)(C)C(C)(C)C)c1ccc(O)c2[nH]c(=O)ccc12. The number of phenols is 1. The van der Waals surface area contributed by atoms with Gasteiger partial charge in [0.05, 0.1) is 18.2 Å². The summed E-state index contributed by atoms with van der Waals surface area (Å²) >= 11 is 0. The first-order valence-corrected chi connectivity index (χ1v) is 16.7. The largest absolute Gasteiger partial charge is 0.506 e. The van der Waals surface area contributed by atoms with Gasteiger partial charge < -0.3 is 29.5 Å². The molecule has 1 aromatic carbocycles. The molecule has 0 bridgehead atoms. The molecule has 212 valence electrons. The number of ether oxygens (including phenoxy) is 1. The van der Waals surface area contributed by atoms with Crippen molar-refractivity contribution >= 4 is 25.3 Å². The van der Waals surface area contributed by atoms with Crippen molar-refractivity contribution in [2.24, 2.45) is 5.92 Å². The fourth-order valence-corrected chi connectivity index (χ4v) is 5.83. The summed E-state index contributed by atoms with van der Waals surface area (Å²) in [6, 6.07) is 6.60. The Bertz CT molecular complexity index is 1160. The molecule has 0 saturated carbocycles. The summed E-state index contributed by atoms with van der Waals surface area (Å²) in [4.78, 5) is 30.1. The Morgan fingerprint density at radius 3 is 2.37 bits per heavy atom. The van der Waals surface area contributed by atoms with Gasteiger partial charge in [-0.3, -0.25) is 4.79 Å². The third kappa shape index (κ3) is 7.83. The number of hydrogen-bond donors (Lipinski definition) is 3. The number of piperidine rings is 1. The van der Waals surface area contributed by atoms with E-state index in [-0.39, 0.29) is 22.4 Å². The van der Waals surface area contributed by atoms with Crippen LogP contribution in [-0.2, 0) is 9.16 Å². The molecule has 1 aliphatic heterocycles. The van der Waals surface area contributed by atoms with Gasteiger partial charge in [-0.05, 0) is 94.9 Å². The third-order valence-corrected chi connectivity index (χ3v) is 12.3. The van der Waals surface area contributed by atoms with Gasteiger partial charge in [0.2, 0.25) is 5.56 Å². The van der Waals surface area contributed by atoms with Gasteiger partial charge in [-0.25, -0.2) is 4.79 Å². The van der Waals surface area contributed by atoms with Gasteiger partial charge in [-0.1, -0.05) is 26.8 Å². The smallest absolute Gasteiger partial charge is 0.410 e. The van der Waals surface area contributed by atoms with Gasteiger partial charge in [0.25, 0.3) is 0 Å². The molecule has 8 nitrogen and oxygen atoms in total. The number of hydrogen-bond acceptors (Lipinski definition) is 6. The van der Waals surface area contributed by atoms with Crippen LogP contribution in [0.15, 0.2) is 29.1 Å². The first-order chi connectivity index (χ1) is 17.6. The molecule has 1 saturated heterocycles. The van der Waals surface area contributed by atoms with E-state index in [0.717, 1.165) is 37.9 Å². The van der Waals surface area contributed by atoms with Crippen molar-refractivity contribution < 1.29 is 19.1 Å². The summed E-state index contributed by atoms with van der Waals surface area (Å²) in [5, 5.41) is 14.6. The van der Waals surface area contributed by atoms with Crippen LogP contribution in [0.2, 0.25) is 18.1 Å². The van der Waals surface area contributed by atoms with Gasteiger partial charge in [0.1, 0.15) is 11.4 Å². The molecule has 2 aromatic rings. The van der Waals surface area contributed by atoms with E-state index in [1.165, 1.54) is 6.07 Å². The Hall–Kier alpha value is -2.36. The molecule has 1 fully saturated rings. The highest BCUT2D eigenvalue weighted by molar-refractivity contribution is 6.74. The molecule has 1 amide bonds. The monoisotopic (exact) mass is 545 g/mol. The maximum atomic E-state index is 13.5. The third-order valence-electron chi connectivity index (χ3n) is 7.80. The van der Waals surface area contributed by atoms with Crippen molar-refractivity contribution in [3.05, 3.63) is 40.2 Å².